The third-order valence-corrected chi connectivity index (χ3v) is 5.69. The zero-order valence-corrected chi connectivity index (χ0v) is 17.8. The number of amides is 2. The van der Waals surface area contributed by atoms with E-state index in [2.05, 4.69) is 5.32 Å². The van der Waals surface area contributed by atoms with Crippen LogP contribution in [0.2, 0.25) is 0 Å². The molecule has 2 aromatic rings. The van der Waals surface area contributed by atoms with Gasteiger partial charge in [-0.15, -0.1) is 0 Å². The Bertz CT molecular complexity index is 968. The maximum absolute atomic E-state index is 12.6. The summed E-state index contributed by atoms with van der Waals surface area (Å²) in [5.41, 5.74) is 2.95. The molecule has 0 unspecified atom stereocenters. The van der Waals surface area contributed by atoms with Crippen LogP contribution in [0.25, 0.3) is 6.08 Å². The number of carbonyl (C=O) groups is 2. The fraction of sp³-hybridized carbons (Fsp3) is 0.174. The Morgan fingerprint density at radius 2 is 1.97 bits per heavy atom. The van der Waals surface area contributed by atoms with Crippen LogP contribution in [0.3, 0.4) is 0 Å². The standard InChI is InChI=1S/C23H22N2O2S2/c1-17-8-5-12-19(16-17)24-21(26)14-7-15-25-22(27)20(29-23(25)28)13-6-11-18-9-3-2-4-10-18/h2-6,8-13,16H,7,14-15H2,1H3,(H,24,26)/b11-6+,20-13-. The summed E-state index contributed by atoms with van der Waals surface area (Å²) in [7, 11) is 0. The van der Waals surface area contributed by atoms with E-state index in [4.69, 9.17) is 12.2 Å². The van der Waals surface area contributed by atoms with Crippen LogP contribution in [0.1, 0.15) is 24.0 Å². The normalized spacial score (nSPS) is 15.5. The zero-order valence-electron chi connectivity index (χ0n) is 16.1. The van der Waals surface area contributed by atoms with Crippen molar-refractivity contribution < 1.29 is 9.59 Å². The second kappa shape index (κ2) is 10.2. The highest BCUT2D eigenvalue weighted by atomic mass is 32.2. The minimum atomic E-state index is -0.100. The molecule has 0 bridgehead atoms. The monoisotopic (exact) mass is 422 g/mol. The van der Waals surface area contributed by atoms with Gasteiger partial charge in [-0.2, -0.15) is 0 Å². The van der Waals surface area contributed by atoms with Crippen LogP contribution in [0, 0.1) is 6.92 Å². The molecule has 0 aliphatic carbocycles. The van der Waals surface area contributed by atoms with Gasteiger partial charge < -0.3 is 5.32 Å². The van der Waals surface area contributed by atoms with Gasteiger partial charge in [0.15, 0.2) is 0 Å². The predicted molar refractivity (Wildman–Crippen MR) is 125 cm³/mol. The number of carbonyl (C=O) groups excluding carboxylic acids is 2. The number of nitrogens with one attached hydrogen (secondary N) is 1. The van der Waals surface area contributed by atoms with E-state index < -0.39 is 0 Å². The number of aryl methyl sites for hydroxylation is 1. The SMILES string of the molecule is Cc1cccc(NC(=O)CCCN2C(=O)/C(=C/C=C/c3ccccc3)SC2=S)c1. The van der Waals surface area contributed by atoms with Gasteiger partial charge in [0, 0.05) is 18.7 Å². The average Bonchev–Trinajstić information content (AvgIpc) is 2.96. The molecule has 0 spiro atoms. The Hall–Kier alpha value is -2.70. The molecule has 0 radical (unpaired) electrons. The molecule has 2 aromatic carbocycles. The Morgan fingerprint density at radius 3 is 2.72 bits per heavy atom. The third kappa shape index (κ3) is 6.14. The van der Waals surface area contributed by atoms with Gasteiger partial charge in [0.25, 0.3) is 5.91 Å². The van der Waals surface area contributed by atoms with E-state index in [0.29, 0.717) is 28.6 Å². The third-order valence-electron chi connectivity index (χ3n) is 4.30. The largest absolute Gasteiger partial charge is 0.326 e. The number of allylic oxidation sites excluding steroid dienone is 2. The first-order valence-electron chi connectivity index (χ1n) is 9.36. The molecule has 1 saturated heterocycles. The topological polar surface area (TPSA) is 49.4 Å². The molecule has 1 fully saturated rings. The maximum Gasteiger partial charge on any atom is 0.266 e. The fourth-order valence-corrected chi connectivity index (χ4v) is 4.12. The lowest BCUT2D eigenvalue weighted by Gasteiger charge is -2.14. The summed E-state index contributed by atoms with van der Waals surface area (Å²) < 4.78 is 0.536. The van der Waals surface area contributed by atoms with Gasteiger partial charge in [-0.05, 0) is 42.7 Å². The molecule has 3 rings (SSSR count). The van der Waals surface area contributed by atoms with Gasteiger partial charge >= 0.3 is 0 Å². The molecule has 2 amide bonds. The van der Waals surface area contributed by atoms with E-state index in [1.807, 2.05) is 73.7 Å². The molecule has 0 atom stereocenters. The Labute approximate surface area is 180 Å². The van der Waals surface area contributed by atoms with Crippen molar-refractivity contribution in [1.29, 1.82) is 0 Å². The molecule has 0 aromatic heterocycles. The summed E-state index contributed by atoms with van der Waals surface area (Å²) in [5, 5.41) is 2.88. The molecule has 1 heterocycles. The summed E-state index contributed by atoms with van der Waals surface area (Å²) in [6, 6.07) is 17.6. The number of hydrogen-bond donors (Lipinski definition) is 1. The molecule has 6 heteroatoms. The molecule has 4 nitrogen and oxygen atoms in total. The molecule has 148 valence electrons. The number of anilines is 1. The first-order chi connectivity index (χ1) is 14.0. The van der Waals surface area contributed by atoms with E-state index in [1.165, 1.54) is 11.8 Å². The van der Waals surface area contributed by atoms with Gasteiger partial charge in [0.1, 0.15) is 4.32 Å². The first-order valence-corrected chi connectivity index (χ1v) is 10.6. The quantitative estimate of drug-likeness (QED) is 0.494. The Kier molecular flexibility index (Phi) is 7.38. The molecular formula is C23H22N2O2S2. The van der Waals surface area contributed by atoms with Gasteiger partial charge in [-0.25, -0.2) is 0 Å². The van der Waals surface area contributed by atoms with Crippen LogP contribution in [-0.2, 0) is 9.59 Å². The van der Waals surface area contributed by atoms with Crippen molar-refractivity contribution in [3.05, 3.63) is 82.8 Å². The van der Waals surface area contributed by atoms with Crippen LogP contribution in [-0.4, -0.2) is 27.6 Å². The molecular weight excluding hydrogens is 400 g/mol. The zero-order chi connectivity index (χ0) is 20.6. The number of nitrogens with zero attached hydrogens (tertiary/aromatic N) is 1. The summed E-state index contributed by atoms with van der Waals surface area (Å²) in [5.74, 6) is -0.167. The number of benzene rings is 2. The van der Waals surface area contributed by atoms with Gasteiger partial charge in [0.05, 0.1) is 4.91 Å². The molecule has 1 aliphatic heterocycles. The number of thioether (sulfide) groups is 1. The van der Waals surface area contributed by atoms with Crippen LogP contribution in [0.15, 0.2) is 71.7 Å². The van der Waals surface area contributed by atoms with Crippen LogP contribution >= 0.6 is 24.0 Å². The van der Waals surface area contributed by atoms with Gasteiger partial charge in [-0.3, -0.25) is 14.5 Å². The van der Waals surface area contributed by atoms with Crippen molar-refractivity contribution >= 4 is 51.9 Å². The lowest BCUT2D eigenvalue weighted by molar-refractivity contribution is -0.122. The molecule has 1 aliphatic rings. The minimum absolute atomic E-state index is 0.0672. The van der Waals surface area contributed by atoms with Crippen molar-refractivity contribution in [1.82, 2.24) is 4.90 Å². The number of rotatable bonds is 7. The highest BCUT2D eigenvalue weighted by Gasteiger charge is 2.31. The van der Waals surface area contributed by atoms with Gasteiger partial charge in [0.2, 0.25) is 5.91 Å². The van der Waals surface area contributed by atoms with Crippen molar-refractivity contribution in [3.8, 4) is 0 Å². The van der Waals surface area contributed by atoms with Crippen molar-refractivity contribution in [3.63, 3.8) is 0 Å². The summed E-state index contributed by atoms with van der Waals surface area (Å²) in [6.07, 6.45) is 6.48. The lowest BCUT2D eigenvalue weighted by Crippen LogP contribution is -2.29. The van der Waals surface area contributed by atoms with E-state index >= 15 is 0 Å². The second-order valence-corrected chi connectivity index (χ2v) is 8.32. The minimum Gasteiger partial charge on any atom is -0.326 e. The van der Waals surface area contributed by atoms with Crippen molar-refractivity contribution in [2.45, 2.75) is 19.8 Å². The summed E-state index contributed by atoms with van der Waals surface area (Å²) >= 11 is 6.64. The van der Waals surface area contributed by atoms with Crippen LogP contribution in [0.5, 0.6) is 0 Å². The summed E-state index contributed by atoms with van der Waals surface area (Å²) in [4.78, 5) is 26.9. The van der Waals surface area contributed by atoms with Gasteiger partial charge in [-0.1, -0.05) is 78.6 Å². The van der Waals surface area contributed by atoms with E-state index in [9.17, 15) is 9.59 Å². The lowest BCUT2D eigenvalue weighted by atomic mass is 10.2. The Morgan fingerprint density at radius 1 is 1.17 bits per heavy atom. The van der Waals surface area contributed by atoms with Crippen molar-refractivity contribution in [2.24, 2.45) is 0 Å². The fourth-order valence-electron chi connectivity index (χ4n) is 2.86. The summed E-state index contributed by atoms with van der Waals surface area (Å²) in [6.45, 7) is 2.42. The number of thiocarbonyl (C=S) groups is 1. The van der Waals surface area contributed by atoms with Crippen LogP contribution < -0.4 is 5.32 Å². The Balaban J connectivity index is 1.49. The van der Waals surface area contributed by atoms with E-state index in [1.54, 1.807) is 11.0 Å². The smallest absolute Gasteiger partial charge is 0.266 e. The highest BCUT2D eigenvalue weighted by Crippen LogP contribution is 2.31. The maximum atomic E-state index is 12.6. The first kappa shape index (κ1) is 21.0. The average molecular weight is 423 g/mol. The number of hydrogen-bond acceptors (Lipinski definition) is 4. The van der Waals surface area contributed by atoms with E-state index in [0.717, 1.165) is 16.8 Å². The molecule has 0 saturated carbocycles. The van der Waals surface area contributed by atoms with Crippen LogP contribution in [0.4, 0.5) is 5.69 Å². The predicted octanol–water partition coefficient (Wildman–Crippen LogP) is 5.17. The highest BCUT2D eigenvalue weighted by molar-refractivity contribution is 8.26. The second-order valence-electron chi connectivity index (χ2n) is 6.65. The molecule has 1 N–H and O–H groups in total. The van der Waals surface area contributed by atoms with Crippen molar-refractivity contribution in [2.75, 3.05) is 11.9 Å². The molecule has 29 heavy (non-hydrogen) atoms. The van der Waals surface area contributed by atoms with E-state index in [-0.39, 0.29) is 11.8 Å².